The highest BCUT2D eigenvalue weighted by atomic mass is 32.2. The number of rotatable bonds is 6. The number of thioether (sulfide) groups is 1. The van der Waals surface area contributed by atoms with Crippen molar-refractivity contribution in [3.05, 3.63) is 35.2 Å². The fourth-order valence-electron chi connectivity index (χ4n) is 4.65. The first-order valence-electron chi connectivity index (χ1n) is 10.8. The van der Waals surface area contributed by atoms with E-state index >= 15 is 0 Å². The zero-order chi connectivity index (χ0) is 21.1. The van der Waals surface area contributed by atoms with Crippen molar-refractivity contribution in [3.8, 4) is 5.75 Å². The number of benzene rings is 1. The Balaban J connectivity index is 1.29. The van der Waals surface area contributed by atoms with Gasteiger partial charge in [0.15, 0.2) is 5.82 Å². The van der Waals surface area contributed by atoms with Gasteiger partial charge in [-0.25, -0.2) is 4.68 Å². The second-order valence-corrected chi connectivity index (χ2v) is 9.49. The van der Waals surface area contributed by atoms with Crippen molar-refractivity contribution >= 4 is 17.7 Å². The van der Waals surface area contributed by atoms with Crippen molar-refractivity contribution in [2.24, 2.45) is 11.8 Å². The Morgan fingerprint density at radius 1 is 1.20 bits per heavy atom. The van der Waals surface area contributed by atoms with Gasteiger partial charge in [0.1, 0.15) is 12.4 Å². The van der Waals surface area contributed by atoms with Crippen LogP contribution in [0, 0.1) is 25.7 Å². The zero-order valence-electron chi connectivity index (χ0n) is 17.8. The highest BCUT2D eigenvalue weighted by Crippen LogP contribution is 2.36. The second kappa shape index (κ2) is 9.29. The number of hydrogen-bond acceptors (Lipinski definition) is 6. The maximum absolute atomic E-state index is 12.7. The third kappa shape index (κ3) is 4.74. The van der Waals surface area contributed by atoms with Gasteiger partial charge in [-0.2, -0.15) is 0 Å². The van der Waals surface area contributed by atoms with E-state index in [0.29, 0.717) is 22.7 Å². The summed E-state index contributed by atoms with van der Waals surface area (Å²) in [6, 6.07) is 6.04. The van der Waals surface area contributed by atoms with Gasteiger partial charge in [0.25, 0.3) is 0 Å². The van der Waals surface area contributed by atoms with Crippen molar-refractivity contribution in [3.63, 3.8) is 0 Å². The molecule has 2 N–H and O–H groups in total. The lowest BCUT2D eigenvalue weighted by molar-refractivity contribution is -0.131. The molecule has 2 aromatic rings. The van der Waals surface area contributed by atoms with E-state index in [1.807, 2.05) is 24.0 Å². The number of ether oxygens (including phenoxy) is 1. The molecule has 1 aromatic heterocycles. The van der Waals surface area contributed by atoms with E-state index in [1.54, 1.807) is 0 Å². The normalized spacial score (nSPS) is 21.3. The van der Waals surface area contributed by atoms with Gasteiger partial charge >= 0.3 is 0 Å². The highest BCUT2D eigenvalue weighted by molar-refractivity contribution is 7.99. The van der Waals surface area contributed by atoms with Gasteiger partial charge in [-0.15, -0.1) is 10.2 Å². The van der Waals surface area contributed by atoms with Crippen LogP contribution in [0.3, 0.4) is 0 Å². The molecule has 2 atom stereocenters. The number of likely N-dealkylation sites (tertiary alicyclic amines) is 1. The Morgan fingerprint density at radius 3 is 2.80 bits per heavy atom. The van der Waals surface area contributed by atoms with Gasteiger partial charge in [-0.1, -0.05) is 48.7 Å². The van der Waals surface area contributed by atoms with Crippen molar-refractivity contribution in [1.29, 1.82) is 0 Å². The summed E-state index contributed by atoms with van der Waals surface area (Å²) in [6.07, 6.45) is 6.41. The molecule has 1 saturated heterocycles. The van der Waals surface area contributed by atoms with E-state index in [2.05, 4.69) is 23.2 Å². The molecule has 8 heteroatoms. The predicted molar refractivity (Wildman–Crippen MR) is 118 cm³/mol. The quantitative estimate of drug-likeness (QED) is 0.560. The molecule has 2 fully saturated rings. The third-order valence-corrected chi connectivity index (χ3v) is 7.32. The molecular formula is C22H31N5O2S. The van der Waals surface area contributed by atoms with Gasteiger partial charge in [0, 0.05) is 13.1 Å². The first kappa shape index (κ1) is 21.0. The van der Waals surface area contributed by atoms with Gasteiger partial charge in [-0.3, -0.25) is 4.79 Å². The number of fused-ring (bicyclic) bond motifs is 1. The minimum Gasteiger partial charge on any atom is -0.485 e. The standard InChI is InChI=1S/C22H31N5O2S/c1-15-7-8-19(16(2)11-15)29-13-20-24-25-22(27(20)23)30-14-21(28)26-10-9-17-5-3-4-6-18(17)12-26/h7-8,11,17-18H,3-6,9-10,12-14,23H2,1-2H3/t17-,18+/m1/s1. The number of nitrogen functional groups attached to an aromatic ring is 1. The fraction of sp³-hybridized carbons (Fsp3) is 0.591. The van der Waals surface area contributed by atoms with Crippen LogP contribution in [-0.2, 0) is 11.4 Å². The first-order valence-corrected chi connectivity index (χ1v) is 11.8. The van der Waals surface area contributed by atoms with Gasteiger partial charge in [-0.05, 0) is 50.2 Å². The van der Waals surface area contributed by atoms with Crippen molar-refractivity contribution in [2.45, 2.75) is 57.7 Å². The summed E-state index contributed by atoms with van der Waals surface area (Å²) in [5.74, 6) is 9.50. The van der Waals surface area contributed by atoms with Crippen LogP contribution in [0.15, 0.2) is 23.4 Å². The van der Waals surface area contributed by atoms with Crippen LogP contribution < -0.4 is 10.6 Å². The molecule has 30 heavy (non-hydrogen) atoms. The van der Waals surface area contributed by atoms with E-state index in [9.17, 15) is 4.79 Å². The van der Waals surface area contributed by atoms with E-state index in [0.717, 1.165) is 36.7 Å². The average molecular weight is 430 g/mol. The van der Waals surface area contributed by atoms with Crippen molar-refractivity contribution < 1.29 is 9.53 Å². The van der Waals surface area contributed by atoms with Gasteiger partial charge in [0.05, 0.1) is 5.75 Å². The van der Waals surface area contributed by atoms with Crippen LogP contribution in [0.5, 0.6) is 5.75 Å². The number of aryl methyl sites for hydroxylation is 2. The van der Waals surface area contributed by atoms with Crippen molar-refractivity contribution in [1.82, 2.24) is 19.8 Å². The molecule has 0 unspecified atom stereocenters. The minimum absolute atomic E-state index is 0.167. The molecule has 2 heterocycles. The van der Waals surface area contributed by atoms with Crippen LogP contribution in [0.2, 0.25) is 0 Å². The molecular weight excluding hydrogens is 398 g/mol. The fourth-order valence-corrected chi connectivity index (χ4v) is 5.43. The highest BCUT2D eigenvalue weighted by Gasteiger charge is 2.32. The molecule has 0 spiro atoms. The Morgan fingerprint density at radius 2 is 2.00 bits per heavy atom. The Bertz CT molecular complexity index is 900. The van der Waals surface area contributed by atoms with Crippen LogP contribution in [0.25, 0.3) is 0 Å². The Hall–Kier alpha value is -2.22. The lowest BCUT2D eigenvalue weighted by Gasteiger charge is -2.41. The smallest absolute Gasteiger partial charge is 0.233 e. The van der Waals surface area contributed by atoms with Gasteiger partial charge < -0.3 is 15.5 Å². The summed E-state index contributed by atoms with van der Waals surface area (Å²) in [5.41, 5.74) is 2.26. The summed E-state index contributed by atoms with van der Waals surface area (Å²) in [7, 11) is 0. The number of hydrogen-bond donors (Lipinski definition) is 1. The summed E-state index contributed by atoms with van der Waals surface area (Å²) >= 11 is 1.34. The van der Waals surface area contributed by atoms with Gasteiger partial charge in [0.2, 0.25) is 11.1 Å². The van der Waals surface area contributed by atoms with Crippen LogP contribution in [0.1, 0.15) is 49.1 Å². The van der Waals surface area contributed by atoms with Crippen LogP contribution in [0.4, 0.5) is 0 Å². The summed E-state index contributed by atoms with van der Waals surface area (Å²) in [4.78, 5) is 14.8. The van der Waals surface area contributed by atoms with E-state index in [-0.39, 0.29) is 12.5 Å². The Kier molecular flexibility index (Phi) is 6.51. The average Bonchev–Trinajstić information content (AvgIpc) is 3.10. The number of piperidine rings is 1. The van der Waals surface area contributed by atoms with Crippen molar-refractivity contribution in [2.75, 3.05) is 24.7 Å². The van der Waals surface area contributed by atoms with E-state index < -0.39 is 0 Å². The lowest BCUT2D eigenvalue weighted by Crippen LogP contribution is -2.45. The molecule has 1 aliphatic heterocycles. The molecule has 4 rings (SSSR count). The zero-order valence-corrected chi connectivity index (χ0v) is 18.7. The largest absolute Gasteiger partial charge is 0.485 e. The second-order valence-electron chi connectivity index (χ2n) is 8.55. The number of carbonyl (C=O) groups is 1. The molecule has 7 nitrogen and oxygen atoms in total. The summed E-state index contributed by atoms with van der Waals surface area (Å²) < 4.78 is 7.28. The topological polar surface area (TPSA) is 86.3 Å². The SMILES string of the molecule is Cc1ccc(OCc2nnc(SCC(=O)N3CC[C@H]4CCCC[C@H]4C3)n2N)c(C)c1. The number of nitrogens with zero attached hydrogens (tertiary/aromatic N) is 4. The molecule has 1 aromatic carbocycles. The maximum Gasteiger partial charge on any atom is 0.233 e. The molecule has 162 valence electrons. The van der Waals surface area contributed by atoms with E-state index in [1.165, 1.54) is 47.7 Å². The molecule has 1 amide bonds. The Labute approximate surface area is 182 Å². The molecule has 0 radical (unpaired) electrons. The first-order chi connectivity index (χ1) is 14.5. The van der Waals surface area contributed by atoms with Crippen LogP contribution in [-0.4, -0.2) is 44.5 Å². The number of nitrogens with two attached hydrogens (primary N) is 1. The molecule has 0 bridgehead atoms. The number of aromatic nitrogens is 3. The minimum atomic E-state index is 0.167. The monoisotopic (exact) mass is 429 g/mol. The molecule has 1 aliphatic carbocycles. The number of carbonyl (C=O) groups excluding carboxylic acids is 1. The predicted octanol–water partition coefficient (Wildman–Crippen LogP) is 3.32. The van der Waals surface area contributed by atoms with Crippen LogP contribution >= 0.6 is 11.8 Å². The maximum atomic E-state index is 12.7. The molecule has 2 aliphatic rings. The van der Waals surface area contributed by atoms with E-state index in [4.69, 9.17) is 10.6 Å². The summed E-state index contributed by atoms with van der Waals surface area (Å²) in [6.45, 7) is 6.09. The number of amides is 1. The summed E-state index contributed by atoms with van der Waals surface area (Å²) in [5, 5.41) is 8.82. The third-order valence-electron chi connectivity index (χ3n) is 6.39. The lowest BCUT2D eigenvalue weighted by atomic mass is 9.75. The molecule has 1 saturated carbocycles.